The van der Waals surface area contributed by atoms with Gasteiger partial charge >= 0.3 is 0 Å². The van der Waals surface area contributed by atoms with E-state index in [2.05, 4.69) is 34.9 Å². The van der Waals surface area contributed by atoms with Gasteiger partial charge in [-0.25, -0.2) is 8.42 Å². The number of fused-ring (bicyclic) bond motifs is 2. The summed E-state index contributed by atoms with van der Waals surface area (Å²) < 4.78 is 35.1. The highest BCUT2D eigenvalue weighted by Gasteiger charge is 2.17. The maximum atomic E-state index is 11.0. The molecule has 0 bridgehead atoms. The fourth-order valence-electron chi connectivity index (χ4n) is 3.30. The van der Waals surface area contributed by atoms with E-state index in [1.807, 2.05) is 50.1 Å². The Morgan fingerprint density at radius 2 is 1.33 bits per heavy atom. The van der Waals surface area contributed by atoms with Gasteiger partial charge in [-0.3, -0.25) is 0 Å². The van der Waals surface area contributed by atoms with Gasteiger partial charge in [0.2, 0.25) is 11.0 Å². The first-order valence-electron chi connectivity index (χ1n) is 8.84. The SMILES string of the molecule is CN(C)c1ccc2c(c1)cc1cc(N(C)C)ccc1[n+]2CCCS(=O)(=O)[O-]. The standard InChI is InChI=1S/C20H25N3O3S/c1-21(2)17-6-8-19-15(13-17)12-16-14-18(22(3)4)7-9-20(16)23(19)10-5-11-27(24,25)26/h6-9,12-14H,5,10-11H2,1-4H3. The molecule has 1 heterocycles. The highest BCUT2D eigenvalue weighted by molar-refractivity contribution is 7.85. The first-order chi connectivity index (χ1) is 12.7. The normalized spacial score (nSPS) is 11.9. The highest BCUT2D eigenvalue weighted by Crippen LogP contribution is 2.25. The van der Waals surface area contributed by atoms with Gasteiger partial charge in [0.1, 0.15) is 0 Å². The van der Waals surface area contributed by atoms with Gasteiger partial charge in [0.25, 0.3) is 0 Å². The summed E-state index contributed by atoms with van der Waals surface area (Å²) in [6.07, 6.45) is 0.287. The molecule has 7 heteroatoms. The van der Waals surface area contributed by atoms with Crippen LogP contribution in [0.15, 0.2) is 42.5 Å². The smallest absolute Gasteiger partial charge is 0.213 e. The Morgan fingerprint density at radius 1 is 0.852 bits per heavy atom. The van der Waals surface area contributed by atoms with Crippen LogP contribution in [0.5, 0.6) is 0 Å². The number of hydrogen-bond acceptors (Lipinski definition) is 5. The van der Waals surface area contributed by atoms with E-state index >= 15 is 0 Å². The Bertz CT molecular complexity index is 1030. The molecule has 1 aromatic heterocycles. The molecule has 0 aliphatic carbocycles. The number of aryl methyl sites for hydroxylation is 1. The van der Waals surface area contributed by atoms with Gasteiger partial charge in [-0.05, 0) is 30.3 Å². The molecule has 0 aliphatic heterocycles. The van der Waals surface area contributed by atoms with Gasteiger partial charge in [-0.2, -0.15) is 4.57 Å². The van der Waals surface area contributed by atoms with Crippen molar-refractivity contribution in [2.45, 2.75) is 13.0 Å². The van der Waals surface area contributed by atoms with Crippen molar-refractivity contribution in [2.75, 3.05) is 43.7 Å². The first kappa shape index (κ1) is 19.4. The number of pyridine rings is 1. The number of nitrogens with zero attached hydrogens (tertiary/aromatic N) is 3. The number of hydrogen-bond donors (Lipinski definition) is 0. The topological polar surface area (TPSA) is 67.6 Å². The van der Waals surface area contributed by atoms with Crippen molar-refractivity contribution in [3.63, 3.8) is 0 Å². The van der Waals surface area contributed by atoms with E-state index in [0.717, 1.165) is 33.2 Å². The van der Waals surface area contributed by atoms with Crippen LogP contribution in [-0.2, 0) is 16.7 Å². The van der Waals surface area contributed by atoms with Gasteiger partial charge in [-0.1, -0.05) is 0 Å². The average molecular weight is 388 g/mol. The second-order valence-corrected chi connectivity index (χ2v) is 8.71. The average Bonchev–Trinajstić information content (AvgIpc) is 2.58. The van der Waals surface area contributed by atoms with Gasteiger partial charge < -0.3 is 14.4 Å². The van der Waals surface area contributed by atoms with Crippen LogP contribution >= 0.6 is 0 Å². The summed E-state index contributed by atoms with van der Waals surface area (Å²) in [5, 5.41) is 2.16. The van der Waals surface area contributed by atoms with Crippen molar-refractivity contribution in [1.82, 2.24) is 0 Å². The molecular formula is C20H25N3O3S. The summed E-state index contributed by atoms with van der Waals surface area (Å²) in [6, 6.07) is 14.6. The lowest BCUT2D eigenvalue weighted by atomic mass is 10.1. The Hall–Kier alpha value is -2.38. The Balaban J connectivity index is 2.19. The molecule has 0 unspecified atom stereocenters. The Labute approximate surface area is 160 Å². The van der Waals surface area contributed by atoms with Crippen molar-refractivity contribution < 1.29 is 17.5 Å². The largest absolute Gasteiger partial charge is 0.748 e. The van der Waals surface area contributed by atoms with Crippen molar-refractivity contribution in [1.29, 1.82) is 0 Å². The predicted octanol–water partition coefficient (Wildman–Crippen LogP) is 2.35. The van der Waals surface area contributed by atoms with E-state index in [-0.39, 0.29) is 12.2 Å². The Kier molecular flexibility index (Phi) is 5.26. The minimum atomic E-state index is -4.21. The third kappa shape index (κ3) is 4.31. The first-order valence-corrected chi connectivity index (χ1v) is 10.4. The zero-order chi connectivity index (χ0) is 19.8. The molecule has 0 aliphatic rings. The minimum Gasteiger partial charge on any atom is -0.748 e. The lowest BCUT2D eigenvalue weighted by Gasteiger charge is -2.15. The summed E-state index contributed by atoms with van der Waals surface area (Å²) in [7, 11) is 3.78. The maximum absolute atomic E-state index is 11.0. The van der Waals surface area contributed by atoms with E-state index in [9.17, 15) is 13.0 Å². The third-order valence-corrected chi connectivity index (χ3v) is 5.51. The van der Waals surface area contributed by atoms with E-state index < -0.39 is 10.1 Å². The summed E-state index contributed by atoms with van der Waals surface area (Å²) in [6.45, 7) is 0.470. The molecule has 6 nitrogen and oxygen atoms in total. The van der Waals surface area contributed by atoms with Gasteiger partial charge in [0, 0.05) is 74.6 Å². The van der Waals surface area contributed by atoms with Crippen LogP contribution in [0.3, 0.4) is 0 Å². The monoisotopic (exact) mass is 387 g/mol. The highest BCUT2D eigenvalue weighted by atomic mass is 32.2. The fourth-order valence-corrected chi connectivity index (χ4v) is 3.78. The second kappa shape index (κ2) is 7.32. The maximum Gasteiger partial charge on any atom is 0.213 e. The lowest BCUT2D eigenvalue weighted by molar-refractivity contribution is -0.645. The van der Waals surface area contributed by atoms with E-state index in [4.69, 9.17) is 0 Å². The lowest BCUT2D eigenvalue weighted by Crippen LogP contribution is -2.36. The molecule has 2 aromatic carbocycles. The molecule has 0 saturated heterocycles. The molecule has 0 fully saturated rings. The molecule has 0 atom stereocenters. The van der Waals surface area contributed by atoms with E-state index in [0.29, 0.717) is 6.54 Å². The second-order valence-electron chi connectivity index (χ2n) is 7.19. The van der Waals surface area contributed by atoms with Crippen LogP contribution in [0.25, 0.3) is 21.8 Å². The van der Waals surface area contributed by atoms with Crippen LogP contribution in [-0.4, -0.2) is 46.9 Å². The predicted molar refractivity (Wildman–Crippen MR) is 109 cm³/mol. The molecule has 0 spiro atoms. The molecular weight excluding hydrogens is 362 g/mol. The van der Waals surface area contributed by atoms with Gasteiger partial charge in [0.15, 0.2) is 6.54 Å². The van der Waals surface area contributed by atoms with E-state index in [1.165, 1.54) is 0 Å². The summed E-state index contributed by atoms with van der Waals surface area (Å²) in [4.78, 5) is 4.10. The van der Waals surface area contributed by atoms with Crippen LogP contribution < -0.4 is 14.4 Å². The van der Waals surface area contributed by atoms with E-state index in [1.54, 1.807) is 0 Å². The van der Waals surface area contributed by atoms with Crippen molar-refractivity contribution in [3.05, 3.63) is 42.5 Å². The van der Waals surface area contributed by atoms with Gasteiger partial charge in [0.05, 0.1) is 10.1 Å². The molecule has 0 N–H and O–H groups in total. The van der Waals surface area contributed by atoms with Crippen LogP contribution in [0.2, 0.25) is 0 Å². The third-order valence-electron chi connectivity index (χ3n) is 4.72. The number of rotatable bonds is 6. The molecule has 0 amide bonds. The number of anilines is 2. The minimum absolute atomic E-state index is 0.287. The fraction of sp³-hybridized carbons (Fsp3) is 0.350. The summed E-state index contributed by atoms with van der Waals surface area (Å²) >= 11 is 0. The molecule has 144 valence electrons. The summed E-state index contributed by atoms with van der Waals surface area (Å²) in [5.74, 6) is -0.358. The van der Waals surface area contributed by atoms with Gasteiger partial charge in [-0.15, -0.1) is 0 Å². The zero-order valence-electron chi connectivity index (χ0n) is 16.1. The van der Waals surface area contributed by atoms with Crippen LogP contribution in [0.4, 0.5) is 11.4 Å². The molecule has 27 heavy (non-hydrogen) atoms. The molecule has 3 aromatic rings. The summed E-state index contributed by atoms with van der Waals surface area (Å²) in [5.41, 5.74) is 4.24. The van der Waals surface area contributed by atoms with Crippen LogP contribution in [0, 0.1) is 0 Å². The molecule has 3 rings (SSSR count). The van der Waals surface area contributed by atoms with Crippen molar-refractivity contribution in [3.8, 4) is 0 Å². The number of benzene rings is 2. The zero-order valence-corrected chi connectivity index (χ0v) is 17.0. The quantitative estimate of drug-likeness (QED) is 0.369. The Morgan fingerprint density at radius 3 is 1.74 bits per heavy atom. The number of aromatic nitrogens is 1. The van der Waals surface area contributed by atoms with Crippen molar-refractivity contribution >= 4 is 43.3 Å². The van der Waals surface area contributed by atoms with Crippen molar-refractivity contribution in [2.24, 2.45) is 0 Å². The van der Waals surface area contributed by atoms with Crippen LogP contribution in [0.1, 0.15) is 6.42 Å². The molecule has 0 radical (unpaired) electrons. The molecule has 0 saturated carbocycles.